The van der Waals surface area contributed by atoms with Gasteiger partial charge in [-0.1, -0.05) is 6.92 Å². The van der Waals surface area contributed by atoms with Crippen LogP contribution in [-0.4, -0.2) is 15.6 Å². The van der Waals surface area contributed by atoms with E-state index in [4.69, 9.17) is 0 Å². The summed E-state index contributed by atoms with van der Waals surface area (Å²) in [6.07, 6.45) is 0.540. The minimum Gasteiger partial charge on any atom is -0.294 e. The van der Waals surface area contributed by atoms with Crippen molar-refractivity contribution >= 4 is 5.78 Å². The Morgan fingerprint density at radius 2 is 1.78 bits per heavy atom. The predicted octanol–water partition coefficient (Wildman–Crippen LogP) is 3.39. The zero-order valence-electron chi connectivity index (χ0n) is 11.3. The number of nitrogens with zero attached hydrogens (tertiary/aromatic N) is 2. The fraction of sp³-hybridized carbons (Fsp3) is 0.333. The molecular weight excluding hydrogens is 224 g/mol. The minimum absolute atomic E-state index is 0.172. The molecule has 0 spiro atoms. The Morgan fingerprint density at radius 1 is 1.17 bits per heavy atom. The molecule has 1 aromatic heterocycles. The zero-order valence-corrected chi connectivity index (χ0v) is 11.3. The molecule has 0 bridgehead atoms. The predicted molar refractivity (Wildman–Crippen MR) is 72.4 cm³/mol. The quantitative estimate of drug-likeness (QED) is 0.773. The molecule has 0 amide bonds. The molecule has 0 aliphatic carbocycles. The van der Waals surface area contributed by atoms with Crippen LogP contribution in [-0.2, 0) is 0 Å². The molecule has 0 atom stereocenters. The van der Waals surface area contributed by atoms with E-state index in [1.54, 1.807) is 0 Å². The van der Waals surface area contributed by atoms with Crippen molar-refractivity contribution in [2.75, 3.05) is 0 Å². The average molecular weight is 242 g/mol. The molecule has 3 heteroatoms. The molecule has 3 nitrogen and oxygen atoms in total. The van der Waals surface area contributed by atoms with Gasteiger partial charge in [0.05, 0.1) is 11.4 Å². The number of ketones is 1. The van der Waals surface area contributed by atoms with Gasteiger partial charge in [-0.3, -0.25) is 4.79 Å². The number of aromatic nitrogens is 2. The molecule has 94 valence electrons. The summed E-state index contributed by atoms with van der Waals surface area (Å²) in [5.74, 6) is 0.172. The molecule has 0 radical (unpaired) electrons. The van der Waals surface area contributed by atoms with Crippen LogP contribution in [0.3, 0.4) is 0 Å². The van der Waals surface area contributed by atoms with Crippen molar-refractivity contribution < 1.29 is 4.79 Å². The van der Waals surface area contributed by atoms with Crippen molar-refractivity contribution in [2.45, 2.75) is 34.1 Å². The lowest BCUT2D eigenvalue weighted by Crippen LogP contribution is -2.01. The summed E-state index contributed by atoms with van der Waals surface area (Å²) in [6, 6.07) is 7.63. The molecule has 0 aliphatic heterocycles. The van der Waals surface area contributed by atoms with Crippen LogP contribution in [0, 0.1) is 20.8 Å². The van der Waals surface area contributed by atoms with Gasteiger partial charge in [-0.05, 0) is 50.6 Å². The Morgan fingerprint density at radius 3 is 2.22 bits per heavy atom. The van der Waals surface area contributed by atoms with Gasteiger partial charge in [0.25, 0.3) is 0 Å². The fourth-order valence-electron chi connectivity index (χ4n) is 1.96. The van der Waals surface area contributed by atoms with Gasteiger partial charge in [0.1, 0.15) is 0 Å². The third-order valence-corrected chi connectivity index (χ3v) is 3.41. The highest BCUT2D eigenvalue weighted by Crippen LogP contribution is 2.17. The number of carbonyl (C=O) groups excluding carboxylic acids is 1. The Labute approximate surface area is 107 Å². The summed E-state index contributed by atoms with van der Waals surface area (Å²) in [4.78, 5) is 11.6. The molecule has 2 aromatic rings. The van der Waals surface area contributed by atoms with Crippen molar-refractivity contribution in [3.05, 3.63) is 46.8 Å². The largest absolute Gasteiger partial charge is 0.294 e. The second kappa shape index (κ2) is 4.77. The molecule has 0 saturated heterocycles. The monoisotopic (exact) mass is 242 g/mol. The Hall–Kier alpha value is -1.90. The van der Waals surface area contributed by atoms with E-state index in [9.17, 15) is 4.79 Å². The van der Waals surface area contributed by atoms with Crippen LogP contribution in [0.25, 0.3) is 5.69 Å². The standard InChI is InChI=1S/C15H18N2O/c1-5-15(18)13-6-8-14(9-7-13)17-12(4)10(2)11(3)16-17/h6-9H,5H2,1-4H3. The fourth-order valence-corrected chi connectivity index (χ4v) is 1.96. The van der Waals surface area contributed by atoms with Gasteiger partial charge in [-0.25, -0.2) is 4.68 Å². The molecular formula is C15H18N2O. The third-order valence-electron chi connectivity index (χ3n) is 3.41. The first-order chi connectivity index (χ1) is 8.54. The first-order valence-electron chi connectivity index (χ1n) is 6.21. The summed E-state index contributed by atoms with van der Waals surface area (Å²) in [6.45, 7) is 8.01. The van der Waals surface area contributed by atoms with E-state index in [2.05, 4.69) is 18.9 Å². The maximum absolute atomic E-state index is 11.6. The number of hydrogen-bond donors (Lipinski definition) is 0. The Kier molecular flexibility index (Phi) is 3.32. The average Bonchev–Trinajstić information content (AvgIpc) is 2.66. The summed E-state index contributed by atoms with van der Waals surface area (Å²) in [5.41, 5.74) is 5.16. The van der Waals surface area contributed by atoms with Crippen LogP contribution < -0.4 is 0 Å². The van der Waals surface area contributed by atoms with Crippen molar-refractivity contribution in [3.63, 3.8) is 0 Å². The molecule has 0 aliphatic rings. The zero-order chi connectivity index (χ0) is 13.3. The smallest absolute Gasteiger partial charge is 0.162 e. The molecule has 0 fully saturated rings. The van der Waals surface area contributed by atoms with Gasteiger partial charge in [0.2, 0.25) is 0 Å². The Balaban J connectivity index is 2.40. The van der Waals surface area contributed by atoms with Crippen LogP contribution in [0.5, 0.6) is 0 Å². The highest BCUT2D eigenvalue weighted by Gasteiger charge is 2.09. The van der Waals surface area contributed by atoms with Crippen molar-refractivity contribution in [3.8, 4) is 5.69 Å². The molecule has 0 saturated carbocycles. The van der Waals surface area contributed by atoms with Crippen molar-refractivity contribution in [1.82, 2.24) is 9.78 Å². The van der Waals surface area contributed by atoms with Crippen LogP contribution in [0.1, 0.15) is 40.7 Å². The molecule has 1 heterocycles. The second-order valence-electron chi connectivity index (χ2n) is 4.53. The lowest BCUT2D eigenvalue weighted by atomic mass is 10.1. The van der Waals surface area contributed by atoms with Gasteiger partial charge in [0.15, 0.2) is 5.78 Å². The van der Waals surface area contributed by atoms with Crippen LogP contribution in [0.15, 0.2) is 24.3 Å². The maximum atomic E-state index is 11.6. The Bertz CT molecular complexity index is 579. The molecule has 0 unspecified atom stereocenters. The number of carbonyl (C=O) groups is 1. The molecule has 2 rings (SSSR count). The van der Waals surface area contributed by atoms with Crippen LogP contribution >= 0.6 is 0 Å². The van der Waals surface area contributed by atoms with E-state index in [1.807, 2.05) is 42.8 Å². The van der Waals surface area contributed by atoms with E-state index in [-0.39, 0.29) is 5.78 Å². The minimum atomic E-state index is 0.172. The maximum Gasteiger partial charge on any atom is 0.162 e. The van der Waals surface area contributed by atoms with Crippen molar-refractivity contribution in [2.24, 2.45) is 0 Å². The topological polar surface area (TPSA) is 34.9 Å². The third kappa shape index (κ3) is 2.08. The van der Waals surface area contributed by atoms with E-state index in [0.29, 0.717) is 6.42 Å². The number of rotatable bonds is 3. The lowest BCUT2D eigenvalue weighted by Gasteiger charge is -2.05. The SMILES string of the molecule is CCC(=O)c1ccc(-n2nc(C)c(C)c2C)cc1. The highest BCUT2D eigenvalue weighted by atomic mass is 16.1. The van der Waals surface area contributed by atoms with Gasteiger partial charge >= 0.3 is 0 Å². The highest BCUT2D eigenvalue weighted by molar-refractivity contribution is 5.95. The number of aryl methyl sites for hydroxylation is 1. The van der Waals surface area contributed by atoms with Crippen LogP contribution in [0.4, 0.5) is 0 Å². The van der Waals surface area contributed by atoms with Gasteiger partial charge in [-0.15, -0.1) is 0 Å². The van der Waals surface area contributed by atoms with Crippen molar-refractivity contribution in [1.29, 1.82) is 0 Å². The van der Waals surface area contributed by atoms with E-state index in [1.165, 1.54) is 5.56 Å². The van der Waals surface area contributed by atoms with Gasteiger partial charge in [0, 0.05) is 17.7 Å². The normalized spacial score (nSPS) is 10.7. The van der Waals surface area contributed by atoms with Crippen LogP contribution in [0.2, 0.25) is 0 Å². The van der Waals surface area contributed by atoms with E-state index in [0.717, 1.165) is 22.6 Å². The summed E-state index contributed by atoms with van der Waals surface area (Å²) < 4.78 is 1.92. The van der Waals surface area contributed by atoms with Gasteiger partial charge in [-0.2, -0.15) is 5.10 Å². The molecule has 1 aromatic carbocycles. The van der Waals surface area contributed by atoms with E-state index >= 15 is 0 Å². The summed E-state index contributed by atoms with van der Waals surface area (Å²) in [5, 5.41) is 4.51. The molecule has 0 N–H and O–H groups in total. The summed E-state index contributed by atoms with van der Waals surface area (Å²) in [7, 11) is 0. The number of benzene rings is 1. The lowest BCUT2D eigenvalue weighted by molar-refractivity contribution is 0.0988. The first kappa shape index (κ1) is 12.6. The van der Waals surface area contributed by atoms with E-state index < -0.39 is 0 Å². The van der Waals surface area contributed by atoms with Gasteiger partial charge < -0.3 is 0 Å². The molecule has 18 heavy (non-hydrogen) atoms. The first-order valence-corrected chi connectivity index (χ1v) is 6.21. The number of hydrogen-bond acceptors (Lipinski definition) is 2. The second-order valence-corrected chi connectivity index (χ2v) is 4.53. The number of Topliss-reactive ketones (excluding diaryl/α,β-unsaturated/α-hetero) is 1. The summed E-state index contributed by atoms with van der Waals surface area (Å²) >= 11 is 0.